The molecule has 2 aromatic rings. The van der Waals surface area contributed by atoms with Crippen LogP contribution in [0, 0.1) is 0 Å². The van der Waals surface area contributed by atoms with Crippen LogP contribution in [-0.4, -0.2) is 28.1 Å². The molecular formula is C15H19N5O2. The minimum absolute atomic E-state index is 0.139. The van der Waals surface area contributed by atoms with Gasteiger partial charge in [0.2, 0.25) is 5.91 Å². The van der Waals surface area contributed by atoms with Gasteiger partial charge in [0.1, 0.15) is 11.5 Å². The summed E-state index contributed by atoms with van der Waals surface area (Å²) in [6.45, 7) is 5.42. The molecule has 0 aliphatic rings. The molecule has 4 N–H and O–H groups in total. The van der Waals surface area contributed by atoms with Crippen LogP contribution in [0.5, 0.6) is 0 Å². The van der Waals surface area contributed by atoms with Gasteiger partial charge in [0.15, 0.2) is 0 Å². The lowest BCUT2D eigenvalue weighted by Crippen LogP contribution is -2.12. The minimum atomic E-state index is -0.281. The number of aromatic nitrogens is 2. The molecule has 116 valence electrons. The van der Waals surface area contributed by atoms with E-state index in [9.17, 15) is 9.59 Å². The molecule has 0 fully saturated rings. The molecule has 0 atom stereocenters. The van der Waals surface area contributed by atoms with Crippen molar-refractivity contribution in [3.05, 3.63) is 36.0 Å². The van der Waals surface area contributed by atoms with E-state index in [1.165, 1.54) is 6.92 Å². The second-order valence-electron chi connectivity index (χ2n) is 5.18. The van der Waals surface area contributed by atoms with E-state index in [1.54, 1.807) is 30.3 Å². The number of rotatable bonds is 5. The summed E-state index contributed by atoms with van der Waals surface area (Å²) in [5.41, 5.74) is 1.68. The summed E-state index contributed by atoms with van der Waals surface area (Å²) in [6, 6.07) is 8.76. The number of H-pyrrole nitrogens is 1. The number of amides is 2. The van der Waals surface area contributed by atoms with Crippen molar-refractivity contribution in [1.82, 2.24) is 10.2 Å². The van der Waals surface area contributed by atoms with Crippen LogP contribution in [0.15, 0.2) is 30.3 Å². The molecular weight excluding hydrogens is 282 g/mol. The fourth-order valence-electron chi connectivity index (χ4n) is 1.85. The van der Waals surface area contributed by atoms with E-state index in [1.807, 2.05) is 13.8 Å². The van der Waals surface area contributed by atoms with Gasteiger partial charge in [0.25, 0.3) is 5.91 Å². The number of carbonyl (C=O) groups is 2. The van der Waals surface area contributed by atoms with Crippen molar-refractivity contribution in [1.29, 1.82) is 0 Å². The zero-order valence-corrected chi connectivity index (χ0v) is 12.7. The molecule has 1 aromatic heterocycles. The quantitative estimate of drug-likeness (QED) is 0.681. The minimum Gasteiger partial charge on any atom is -0.366 e. The Morgan fingerprint density at radius 2 is 1.68 bits per heavy atom. The Balaban J connectivity index is 1.99. The van der Waals surface area contributed by atoms with E-state index in [-0.39, 0.29) is 17.9 Å². The topological polar surface area (TPSA) is 98.9 Å². The van der Waals surface area contributed by atoms with Crippen LogP contribution in [0.4, 0.5) is 17.2 Å². The summed E-state index contributed by atoms with van der Waals surface area (Å²) >= 11 is 0. The summed E-state index contributed by atoms with van der Waals surface area (Å²) in [5.74, 6) is 0.206. The molecule has 0 spiro atoms. The molecule has 1 heterocycles. The first-order chi connectivity index (χ1) is 10.4. The van der Waals surface area contributed by atoms with Crippen molar-refractivity contribution in [2.75, 3.05) is 16.0 Å². The number of aromatic amines is 1. The van der Waals surface area contributed by atoms with E-state index < -0.39 is 0 Å². The molecule has 22 heavy (non-hydrogen) atoms. The molecule has 0 unspecified atom stereocenters. The molecule has 0 aliphatic carbocycles. The Kier molecular flexibility index (Phi) is 4.77. The molecule has 0 saturated heterocycles. The summed E-state index contributed by atoms with van der Waals surface area (Å²) in [7, 11) is 0. The molecule has 1 aromatic carbocycles. The van der Waals surface area contributed by atoms with Crippen LogP contribution < -0.4 is 16.0 Å². The van der Waals surface area contributed by atoms with Gasteiger partial charge in [-0.2, -0.15) is 5.10 Å². The highest BCUT2D eigenvalue weighted by atomic mass is 16.2. The van der Waals surface area contributed by atoms with Crippen molar-refractivity contribution in [3.8, 4) is 0 Å². The van der Waals surface area contributed by atoms with Gasteiger partial charge in [-0.25, -0.2) is 0 Å². The molecule has 0 aliphatic heterocycles. The predicted octanol–water partition coefficient (Wildman–Crippen LogP) is 2.44. The fraction of sp³-hybridized carbons (Fsp3) is 0.267. The van der Waals surface area contributed by atoms with Crippen molar-refractivity contribution in [3.63, 3.8) is 0 Å². The molecule has 2 amide bonds. The highest BCUT2D eigenvalue weighted by Crippen LogP contribution is 2.15. The summed E-state index contributed by atoms with van der Waals surface area (Å²) in [6.07, 6.45) is 0. The van der Waals surface area contributed by atoms with Gasteiger partial charge in [-0.3, -0.25) is 14.7 Å². The van der Waals surface area contributed by atoms with E-state index in [2.05, 4.69) is 26.1 Å². The maximum absolute atomic E-state index is 12.1. The van der Waals surface area contributed by atoms with E-state index in [4.69, 9.17) is 0 Å². The number of anilines is 3. The highest BCUT2D eigenvalue weighted by molar-refractivity contribution is 6.03. The van der Waals surface area contributed by atoms with E-state index >= 15 is 0 Å². The zero-order chi connectivity index (χ0) is 16.1. The smallest absolute Gasteiger partial charge is 0.273 e. The number of carbonyl (C=O) groups excluding carboxylic acids is 2. The zero-order valence-electron chi connectivity index (χ0n) is 12.7. The number of benzene rings is 1. The van der Waals surface area contributed by atoms with Crippen LogP contribution in [0.1, 0.15) is 31.3 Å². The molecule has 7 heteroatoms. The van der Waals surface area contributed by atoms with Crippen molar-refractivity contribution >= 4 is 29.0 Å². The lowest BCUT2D eigenvalue weighted by atomic mass is 10.2. The van der Waals surface area contributed by atoms with E-state index in [0.717, 1.165) is 0 Å². The van der Waals surface area contributed by atoms with Crippen molar-refractivity contribution in [2.45, 2.75) is 26.8 Å². The Morgan fingerprint density at radius 3 is 2.23 bits per heavy atom. The van der Waals surface area contributed by atoms with Crippen LogP contribution >= 0.6 is 0 Å². The van der Waals surface area contributed by atoms with Gasteiger partial charge in [-0.1, -0.05) is 0 Å². The summed E-state index contributed by atoms with van der Waals surface area (Å²) < 4.78 is 0. The van der Waals surface area contributed by atoms with Crippen LogP contribution in [-0.2, 0) is 4.79 Å². The van der Waals surface area contributed by atoms with Gasteiger partial charge in [0.05, 0.1) is 0 Å². The number of nitrogens with zero attached hydrogens (tertiary/aromatic N) is 1. The Labute approximate surface area is 128 Å². The first-order valence-electron chi connectivity index (χ1n) is 6.95. The number of hydrogen-bond acceptors (Lipinski definition) is 4. The Hall–Kier alpha value is -2.83. The maximum atomic E-state index is 12.1. The Morgan fingerprint density at radius 1 is 1.09 bits per heavy atom. The SMILES string of the molecule is CC(=O)Nc1ccc(NC(=O)c2cc(NC(C)C)n[nH]2)cc1. The normalized spacial score (nSPS) is 10.4. The molecule has 2 rings (SSSR count). The third-order valence-corrected chi connectivity index (χ3v) is 2.72. The number of nitrogens with one attached hydrogen (secondary N) is 4. The van der Waals surface area contributed by atoms with Gasteiger partial charge in [-0.05, 0) is 38.1 Å². The van der Waals surface area contributed by atoms with Gasteiger partial charge in [0, 0.05) is 30.4 Å². The van der Waals surface area contributed by atoms with Gasteiger partial charge in [-0.15, -0.1) is 0 Å². The number of hydrogen-bond donors (Lipinski definition) is 4. The molecule has 0 bridgehead atoms. The average molecular weight is 301 g/mol. The molecule has 7 nitrogen and oxygen atoms in total. The van der Waals surface area contributed by atoms with Crippen LogP contribution in [0.25, 0.3) is 0 Å². The average Bonchev–Trinajstić information content (AvgIpc) is 2.88. The second kappa shape index (κ2) is 6.75. The lowest BCUT2D eigenvalue weighted by molar-refractivity contribution is -0.114. The third-order valence-electron chi connectivity index (χ3n) is 2.72. The largest absolute Gasteiger partial charge is 0.366 e. The van der Waals surface area contributed by atoms with Crippen LogP contribution in [0.3, 0.4) is 0 Å². The standard InChI is InChI=1S/C15H19N5O2/c1-9(2)16-14-8-13(19-20-14)15(22)18-12-6-4-11(5-7-12)17-10(3)21/h4-9H,1-3H3,(H,17,21)(H,18,22)(H2,16,19,20). The van der Waals surface area contributed by atoms with Gasteiger partial charge < -0.3 is 16.0 Å². The third kappa shape index (κ3) is 4.34. The first kappa shape index (κ1) is 15.6. The highest BCUT2D eigenvalue weighted by Gasteiger charge is 2.10. The van der Waals surface area contributed by atoms with E-state index in [0.29, 0.717) is 22.9 Å². The summed E-state index contributed by atoms with van der Waals surface area (Å²) in [4.78, 5) is 23.0. The Bertz CT molecular complexity index is 661. The predicted molar refractivity (Wildman–Crippen MR) is 86.0 cm³/mol. The van der Waals surface area contributed by atoms with Gasteiger partial charge >= 0.3 is 0 Å². The van der Waals surface area contributed by atoms with Crippen molar-refractivity contribution < 1.29 is 9.59 Å². The van der Waals surface area contributed by atoms with Crippen LogP contribution in [0.2, 0.25) is 0 Å². The fourth-order valence-corrected chi connectivity index (χ4v) is 1.85. The monoisotopic (exact) mass is 301 g/mol. The molecule has 0 saturated carbocycles. The summed E-state index contributed by atoms with van der Waals surface area (Å²) in [5, 5.41) is 15.2. The molecule has 0 radical (unpaired) electrons. The maximum Gasteiger partial charge on any atom is 0.273 e. The second-order valence-corrected chi connectivity index (χ2v) is 5.18. The first-order valence-corrected chi connectivity index (χ1v) is 6.95. The van der Waals surface area contributed by atoms with Crippen molar-refractivity contribution in [2.24, 2.45) is 0 Å². The lowest BCUT2D eigenvalue weighted by Gasteiger charge is -2.06.